The fourth-order valence-electron chi connectivity index (χ4n) is 3.01. The van der Waals surface area contributed by atoms with Crippen LogP contribution in [-0.2, 0) is 4.79 Å². The Labute approximate surface area is 172 Å². The molecule has 7 nitrogen and oxygen atoms in total. The highest BCUT2D eigenvalue weighted by Gasteiger charge is 2.17. The van der Waals surface area contributed by atoms with Crippen molar-refractivity contribution in [3.8, 4) is 5.75 Å². The standard InChI is InChI=1S/C22H20FN3O4/c1-30-20-13-18(26(28)29)11-12-19(20)25-21(27)14-24-22(15-5-3-2-4-6-15)16-7-9-17(23)10-8-16/h2-13,22,24H,14H2,1H3,(H,25,27). The van der Waals surface area contributed by atoms with Gasteiger partial charge in [0.2, 0.25) is 5.91 Å². The summed E-state index contributed by atoms with van der Waals surface area (Å²) in [7, 11) is 1.37. The van der Waals surface area contributed by atoms with Crippen molar-refractivity contribution in [1.29, 1.82) is 0 Å². The van der Waals surface area contributed by atoms with Gasteiger partial charge in [-0.05, 0) is 29.3 Å². The number of benzene rings is 3. The van der Waals surface area contributed by atoms with Gasteiger partial charge in [-0.3, -0.25) is 20.2 Å². The van der Waals surface area contributed by atoms with E-state index in [1.165, 1.54) is 37.4 Å². The highest BCUT2D eigenvalue weighted by atomic mass is 19.1. The second-order valence-electron chi connectivity index (χ2n) is 6.47. The fourth-order valence-corrected chi connectivity index (χ4v) is 3.01. The monoisotopic (exact) mass is 409 g/mol. The Kier molecular flexibility index (Phi) is 6.71. The van der Waals surface area contributed by atoms with E-state index in [0.29, 0.717) is 5.69 Å². The number of methoxy groups -OCH3 is 1. The highest BCUT2D eigenvalue weighted by molar-refractivity contribution is 5.94. The van der Waals surface area contributed by atoms with Crippen molar-refractivity contribution in [1.82, 2.24) is 5.32 Å². The first-order valence-electron chi connectivity index (χ1n) is 9.14. The van der Waals surface area contributed by atoms with E-state index >= 15 is 0 Å². The third-order valence-electron chi connectivity index (χ3n) is 4.47. The van der Waals surface area contributed by atoms with Crippen LogP contribution in [0.4, 0.5) is 15.8 Å². The zero-order chi connectivity index (χ0) is 21.5. The molecule has 0 radical (unpaired) electrons. The van der Waals surface area contributed by atoms with Crippen LogP contribution in [0, 0.1) is 15.9 Å². The first-order valence-corrected chi connectivity index (χ1v) is 9.14. The number of rotatable bonds is 8. The molecule has 3 aromatic carbocycles. The van der Waals surface area contributed by atoms with Gasteiger partial charge in [0.05, 0.1) is 36.4 Å². The van der Waals surface area contributed by atoms with E-state index in [1.807, 2.05) is 30.3 Å². The van der Waals surface area contributed by atoms with Crippen molar-refractivity contribution in [2.45, 2.75) is 6.04 Å². The number of halogens is 1. The van der Waals surface area contributed by atoms with Gasteiger partial charge in [-0.15, -0.1) is 0 Å². The molecule has 3 rings (SSSR count). The number of nitro benzene ring substituents is 1. The molecule has 0 spiro atoms. The molecule has 0 aliphatic carbocycles. The van der Waals surface area contributed by atoms with Crippen LogP contribution in [0.3, 0.4) is 0 Å². The first kappa shape index (κ1) is 20.9. The number of nitro groups is 1. The molecule has 1 unspecified atom stereocenters. The Hall–Kier alpha value is -3.78. The number of ether oxygens (including phenoxy) is 1. The predicted molar refractivity (Wildman–Crippen MR) is 111 cm³/mol. The zero-order valence-electron chi connectivity index (χ0n) is 16.2. The predicted octanol–water partition coefficient (Wildman–Crippen LogP) is 4.06. The number of carbonyl (C=O) groups excluding carboxylic acids is 1. The second kappa shape index (κ2) is 9.62. The molecule has 0 aromatic heterocycles. The average Bonchev–Trinajstić information content (AvgIpc) is 2.76. The zero-order valence-corrected chi connectivity index (χ0v) is 16.2. The molecule has 0 heterocycles. The van der Waals surface area contributed by atoms with E-state index in [0.717, 1.165) is 11.1 Å². The van der Waals surface area contributed by atoms with Crippen LogP contribution in [0.2, 0.25) is 0 Å². The largest absolute Gasteiger partial charge is 0.494 e. The van der Waals surface area contributed by atoms with Crippen LogP contribution in [0.25, 0.3) is 0 Å². The molecule has 1 amide bonds. The Balaban J connectivity index is 1.73. The lowest BCUT2D eigenvalue weighted by molar-refractivity contribution is -0.384. The van der Waals surface area contributed by atoms with Gasteiger partial charge in [0.15, 0.2) is 0 Å². The molecule has 0 saturated carbocycles. The number of anilines is 1. The third-order valence-corrected chi connectivity index (χ3v) is 4.47. The number of nitrogens with zero attached hydrogens (tertiary/aromatic N) is 1. The number of carbonyl (C=O) groups is 1. The van der Waals surface area contributed by atoms with Gasteiger partial charge in [-0.1, -0.05) is 42.5 Å². The summed E-state index contributed by atoms with van der Waals surface area (Å²) in [5.74, 6) is -0.505. The number of nitrogens with one attached hydrogen (secondary N) is 2. The smallest absolute Gasteiger partial charge is 0.273 e. The summed E-state index contributed by atoms with van der Waals surface area (Å²) in [6.07, 6.45) is 0. The van der Waals surface area contributed by atoms with Gasteiger partial charge in [-0.2, -0.15) is 0 Å². The third kappa shape index (κ3) is 5.18. The second-order valence-corrected chi connectivity index (χ2v) is 6.47. The number of hydrogen-bond acceptors (Lipinski definition) is 5. The molecule has 0 aliphatic rings. The molecule has 0 fully saturated rings. The number of hydrogen-bond donors (Lipinski definition) is 2. The maximum absolute atomic E-state index is 13.3. The van der Waals surface area contributed by atoms with Gasteiger partial charge in [0, 0.05) is 6.07 Å². The van der Waals surface area contributed by atoms with Gasteiger partial charge in [0.25, 0.3) is 5.69 Å². The van der Waals surface area contributed by atoms with Gasteiger partial charge >= 0.3 is 0 Å². The van der Waals surface area contributed by atoms with E-state index < -0.39 is 4.92 Å². The Morgan fingerprint density at radius 2 is 1.73 bits per heavy atom. The van der Waals surface area contributed by atoms with Crippen molar-refractivity contribution >= 4 is 17.3 Å². The summed E-state index contributed by atoms with van der Waals surface area (Å²) in [4.78, 5) is 22.9. The lowest BCUT2D eigenvalue weighted by atomic mass is 9.98. The minimum absolute atomic E-state index is 0.0446. The SMILES string of the molecule is COc1cc([N+](=O)[O-])ccc1NC(=O)CNC(c1ccccc1)c1ccc(F)cc1. The quantitative estimate of drug-likeness (QED) is 0.432. The maximum atomic E-state index is 13.3. The van der Waals surface area contributed by atoms with Crippen molar-refractivity contribution in [2.75, 3.05) is 19.0 Å². The summed E-state index contributed by atoms with van der Waals surface area (Å²) < 4.78 is 18.5. The van der Waals surface area contributed by atoms with E-state index in [-0.39, 0.29) is 35.7 Å². The molecule has 154 valence electrons. The highest BCUT2D eigenvalue weighted by Crippen LogP contribution is 2.29. The molecular weight excluding hydrogens is 389 g/mol. The lowest BCUT2D eigenvalue weighted by Crippen LogP contribution is -2.32. The Morgan fingerprint density at radius 3 is 2.37 bits per heavy atom. The minimum Gasteiger partial charge on any atom is -0.494 e. The van der Waals surface area contributed by atoms with Crippen LogP contribution in [-0.4, -0.2) is 24.5 Å². The van der Waals surface area contributed by atoms with E-state index in [9.17, 15) is 19.3 Å². The molecule has 2 N–H and O–H groups in total. The molecule has 0 aliphatic heterocycles. The summed E-state index contributed by atoms with van der Waals surface area (Å²) in [5.41, 5.74) is 1.92. The Bertz CT molecular complexity index is 1030. The van der Waals surface area contributed by atoms with E-state index in [4.69, 9.17) is 4.74 Å². The number of non-ortho nitro benzene ring substituents is 1. The summed E-state index contributed by atoms with van der Waals surface area (Å²) in [6.45, 7) is -0.0446. The summed E-state index contributed by atoms with van der Waals surface area (Å²) in [6, 6.07) is 19.2. The van der Waals surface area contributed by atoms with Gasteiger partial charge in [-0.25, -0.2) is 4.39 Å². The van der Waals surface area contributed by atoms with Crippen molar-refractivity contribution in [3.05, 3.63) is 99.9 Å². The fraction of sp³-hybridized carbons (Fsp3) is 0.136. The lowest BCUT2D eigenvalue weighted by Gasteiger charge is -2.20. The molecule has 1 atom stereocenters. The van der Waals surface area contributed by atoms with Crippen molar-refractivity contribution < 1.29 is 18.8 Å². The molecule has 0 bridgehead atoms. The van der Waals surface area contributed by atoms with E-state index in [2.05, 4.69) is 10.6 Å². The molecular formula is C22H20FN3O4. The van der Waals surface area contributed by atoms with Crippen molar-refractivity contribution in [3.63, 3.8) is 0 Å². The Morgan fingerprint density at radius 1 is 1.07 bits per heavy atom. The summed E-state index contributed by atoms with van der Waals surface area (Å²) in [5, 5.41) is 16.8. The van der Waals surface area contributed by atoms with Crippen LogP contribution < -0.4 is 15.4 Å². The first-order chi connectivity index (χ1) is 14.5. The molecule has 3 aromatic rings. The topological polar surface area (TPSA) is 93.5 Å². The van der Waals surface area contributed by atoms with Crippen LogP contribution in [0.5, 0.6) is 5.75 Å². The van der Waals surface area contributed by atoms with Crippen LogP contribution in [0.15, 0.2) is 72.8 Å². The summed E-state index contributed by atoms with van der Waals surface area (Å²) >= 11 is 0. The van der Waals surface area contributed by atoms with Gasteiger partial charge < -0.3 is 10.1 Å². The van der Waals surface area contributed by atoms with Crippen LogP contribution >= 0.6 is 0 Å². The molecule has 8 heteroatoms. The number of amides is 1. The normalized spacial score (nSPS) is 11.5. The van der Waals surface area contributed by atoms with Crippen LogP contribution in [0.1, 0.15) is 17.2 Å². The molecule has 30 heavy (non-hydrogen) atoms. The average molecular weight is 409 g/mol. The van der Waals surface area contributed by atoms with Crippen molar-refractivity contribution in [2.24, 2.45) is 0 Å². The molecule has 0 saturated heterocycles. The van der Waals surface area contributed by atoms with E-state index in [1.54, 1.807) is 12.1 Å². The minimum atomic E-state index is -0.539. The maximum Gasteiger partial charge on any atom is 0.273 e. The van der Waals surface area contributed by atoms with Gasteiger partial charge in [0.1, 0.15) is 11.6 Å².